The zero-order chi connectivity index (χ0) is 13.0. The van der Waals surface area contributed by atoms with Crippen LogP contribution in [-0.4, -0.2) is 40.7 Å². The van der Waals surface area contributed by atoms with Gasteiger partial charge in [0.2, 0.25) is 0 Å². The molecule has 1 unspecified atom stereocenters. The predicted molar refractivity (Wildman–Crippen MR) is 76.2 cm³/mol. The van der Waals surface area contributed by atoms with Gasteiger partial charge in [0.05, 0.1) is 22.7 Å². The molecule has 0 amide bonds. The number of aliphatic hydroxyl groups excluding tert-OH is 1. The van der Waals surface area contributed by atoms with Crippen molar-refractivity contribution in [1.29, 1.82) is 0 Å². The van der Waals surface area contributed by atoms with Crippen molar-refractivity contribution >= 4 is 22.9 Å². The Labute approximate surface area is 118 Å². The second-order valence-electron chi connectivity index (χ2n) is 5.04. The van der Waals surface area contributed by atoms with Crippen LogP contribution in [-0.2, 0) is 12.3 Å². The number of alkyl halides is 1. The van der Waals surface area contributed by atoms with Crippen molar-refractivity contribution in [3.63, 3.8) is 0 Å². The summed E-state index contributed by atoms with van der Waals surface area (Å²) in [6.07, 6.45) is 3.09. The molecule has 0 aliphatic carbocycles. The van der Waals surface area contributed by atoms with E-state index in [1.54, 1.807) is 11.3 Å². The van der Waals surface area contributed by atoms with Gasteiger partial charge in [-0.1, -0.05) is 0 Å². The maximum absolute atomic E-state index is 9.56. The fourth-order valence-corrected chi connectivity index (χ4v) is 3.45. The fourth-order valence-electron chi connectivity index (χ4n) is 2.44. The molecule has 1 atom stereocenters. The van der Waals surface area contributed by atoms with Crippen molar-refractivity contribution in [2.75, 3.05) is 19.6 Å². The normalized spacial score (nSPS) is 20.2. The van der Waals surface area contributed by atoms with Gasteiger partial charge in [0, 0.05) is 18.3 Å². The van der Waals surface area contributed by atoms with Crippen LogP contribution < -0.4 is 0 Å². The first kappa shape index (κ1) is 14.3. The molecule has 2 rings (SSSR count). The van der Waals surface area contributed by atoms with Gasteiger partial charge in [-0.15, -0.1) is 22.9 Å². The SMILES string of the molecule is CC(O)C1CCN(CCc2nc(CCl)cs2)CC1. The van der Waals surface area contributed by atoms with Crippen LogP contribution in [0.25, 0.3) is 0 Å². The first-order valence-electron chi connectivity index (χ1n) is 6.58. The van der Waals surface area contributed by atoms with Crippen LogP contribution in [0.5, 0.6) is 0 Å². The van der Waals surface area contributed by atoms with E-state index in [2.05, 4.69) is 9.88 Å². The van der Waals surface area contributed by atoms with Crippen molar-refractivity contribution in [2.24, 2.45) is 5.92 Å². The lowest BCUT2D eigenvalue weighted by molar-refractivity contribution is 0.0723. The van der Waals surface area contributed by atoms with Gasteiger partial charge in [-0.2, -0.15) is 0 Å². The molecule has 0 bridgehead atoms. The molecule has 1 fully saturated rings. The summed E-state index contributed by atoms with van der Waals surface area (Å²) in [5.74, 6) is 1.000. The molecule has 5 heteroatoms. The summed E-state index contributed by atoms with van der Waals surface area (Å²) in [7, 11) is 0. The molecule has 0 aromatic carbocycles. The van der Waals surface area contributed by atoms with Crippen LogP contribution >= 0.6 is 22.9 Å². The summed E-state index contributed by atoms with van der Waals surface area (Å²) >= 11 is 7.45. The smallest absolute Gasteiger partial charge is 0.0941 e. The molecule has 1 N–H and O–H groups in total. The number of aromatic nitrogens is 1. The zero-order valence-corrected chi connectivity index (χ0v) is 12.4. The highest BCUT2D eigenvalue weighted by Gasteiger charge is 2.22. The number of nitrogens with zero attached hydrogens (tertiary/aromatic N) is 2. The Morgan fingerprint density at radius 1 is 1.56 bits per heavy atom. The monoisotopic (exact) mass is 288 g/mol. The van der Waals surface area contributed by atoms with Gasteiger partial charge in [-0.25, -0.2) is 4.98 Å². The molecule has 102 valence electrons. The van der Waals surface area contributed by atoms with Crippen LogP contribution in [0.2, 0.25) is 0 Å². The Bertz CT molecular complexity index is 362. The molecule has 2 heterocycles. The minimum Gasteiger partial charge on any atom is -0.393 e. The van der Waals surface area contributed by atoms with E-state index in [9.17, 15) is 5.11 Å². The van der Waals surface area contributed by atoms with Crippen molar-refractivity contribution in [3.8, 4) is 0 Å². The second kappa shape index (κ2) is 6.85. The average molecular weight is 289 g/mol. The van der Waals surface area contributed by atoms with Gasteiger partial charge in [0.15, 0.2) is 0 Å². The van der Waals surface area contributed by atoms with E-state index in [0.717, 1.165) is 44.6 Å². The Kier molecular flexibility index (Phi) is 5.42. The third-order valence-electron chi connectivity index (χ3n) is 3.69. The molecule has 1 saturated heterocycles. The van der Waals surface area contributed by atoms with Gasteiger partial charge < -0.3 is 10.0 Å². The third-order valence-corrected chi connectivity index (χ3v) is 4.92. The van der Waals surface area contributed by atoms with Crippen LogP contribution in [0.3, 0.4) is 0 Å². The standard InChI is InChI=1S/C13H21ClN2OS/c1-10(17)11-2-5-16(6-3-11)7-4-13-15-12(8-14)9-18-13/h9-11,17H,2-8H2,1H3. The number of piperidine rings is 1. The molecule has 1 aromatic heterocycles. The fraction of sp³-hybridized carbons (Fsp3) is 0.769. The van der Waals surface area contributed by atoms with E-state index >= 15 is 0 Å². The molecule has 0 spiro atoms. The number of halogens is 1. The summed E-state index contributed by atoms with van der Waals surface area (Å²) < 4.78 is 0. The lowest BCUT2D eigenvalue weighted by atomic mass is 9.92. The Morgan fingerprint density at radius 3 is 2.83 bits per heavy atom. The predicted octanol–water partition coefficient (Wildman–Crippen LogP) is 2.52. The molecule has 0 saturated carbocycles. The number of hydrogen-bond donors (Lipinski definition) is 1. The lowest BCUT2D eigenvalue weighted by Crippen LogP contribution is -2.38. The zero-order valence-electron chi connectivity index (χ0n) is 10.8. The summed E-state index contributed by atoms with van der Waals surface area (Å²) in [6.45, 7) is 5.18. The number of rotatable bonds is 5. The van der Waals surface area contributed by atoms with E-state index < -0.39 is 0 Å². The van der Waals surface area contributed by atoms with Crippen LogP contribution in [0.4, 0.5) is 0 Å². The molecule has 0 radical (unpaired) electrons. The Hall–Kier alpha value is -0.160. The minimum atomic E-state index is -0.155. The maximum Gasteiger partial charge on any atom is 0.0941 e. The molecule has 1 aliphatic heterocycles. The quantitative estimate of drug-likeness (QED) is 0.846. The molecular weight excluding hydrogens is 268 g/mol. The topological polar surface area (TPSA) is 36.4 Å². The first-order chi connectivity index (χ1) is 8.69. The highest BCUT2D eigenvalue weighted by atomic mass is 35.5. The van der Waals surface area contributed by atoms with Gasteiger partial charge in [-0.05, 0) is 38.8 Å². The molecule has 18 heavy (non-hydrogen) atoms. The van der Waals surface area contributed by atoms with Gasteiger partial charge in [-0.3, -0.25) is 0 Å². The van der Waals surface area contributed by atoms with E-state index in [1.165, 1.54) is 5.01 Å². The van der Waals surface area contributed by atoms with E-state index in [-0.39, 0.29) is 6.10 Å². The minimum absolute atomic E-state index is 0.155. The summed E-state index contributed by atoms with van der Waals surface area (Å²) in [5, 5.41) is 12.8. The lowest BCUT2D eigenvalue weighted by Gasteiger charge is -2.33. The number of likely N-dealkylation sites (tertiary alicyclic amines) is 1. The second-order valence-corrected chi connectivity index (χ2v) is 6.25. The van der Waals surface area contributed by atoms with Crippen LogP contribution in [0.1, 0.15) is 30.5 Å². The van der Waals surface area contributed by atoms with Gasteiger partial charge in [0.1, 0.15) is 0 Å². The average Bonchev–Trinajstić information content (AvgIpc) is 2.85. The number of hydrogen-bond acceptors (Lipinski definition) is 4. The van der Waals surface area contributed by atoms with Crippen molar-refractivity contribution < 1.29 is 5.11 Å². The third kappa shape index (κ3) is 3.92. The van der Waals surface area contributed by atoms with Crippen LogP contribution in [0.15, 0.2) is 5.38 Å². The number of aliphatic hydroxyl groups is 1. The molecule has 1 aromatic rings. The van der Waals surface area contributed by atoms with Gasteiger partial charge in [0.25, 0.3) is 0 Å². The molecule has 3 nitrogen and oxygen atoms in total. The van der Waals surface area contributed by atoms with Crippen molar-refractivity contribution in [1.82, 2.24) is 9.88 Å². The van der Waals surface area contributed by atoms with Crippen LogP contribution in [0, 0.1) is 5.92 Å². The van der Waals surface area contributed by atoms with Crippen molar-refractivity contribution in [3.05, 3.63) is 16.1 Å². The Balaban J connectivity index is 1.72. The highest BCUT2D eigenvalue weighted by Crippen LogP contribution is 2.21. The summed E-state index contributed by atoms with van der Waals surface area (Å²) in [5.41, 5.74) is 0.990. The van der Waals surface area contributed by atoms with Gasteiger partial charge >= 0.3 is 0 Å². The maximum atomic E-state index is 9.56. The Morgan fingerprint density at radius 2 is 2.28 bits per heavy atom. The largest absolute Gasteiger partial charge is 0.393 e. The summed E-state index contributed by atoms with van der Waals surface area (Å²) in [4.78, 5) is 6.95. The van der Waals surface area contributed by atoms with E-state index in [1.807, 2.05) is 12.3 Å². The summed E-state index contributed by atoms with van der Waals surface area (Å²) in [6, 6.07) is 0. The first-order valence-corrected chi connectivity index (χ1v) is 8.00. The van der Waals surface area contributed by atoms with E-state index in [0.29, 0.717) is 11.8 Å². The number of thiazole rings is 1. The molecular formula is C13H21ClN2OS. The molecule has 1 aliphatic rings. The van der Waals surface area contributed by atoms with Crippen molar-refractivity contribution in [2.45, 2.75) is 38.2 Å². The highest BCUT2D eigenvalue weighted by molar-refractivity contribution is 7.09. The van der Waals surface area contributed by atoms with E-state index in [4.69, 9.17) is 11.6 Å².